The Labute approximate surface area is 107 Å². The van der Waals surface area contributed by atoms with Gasteiger partial charge in [0.25, 0.3) is 0 Å². The van der Waals surface area contributed by atoms with Crippen LogP contribution in [0.4, 0.5) is 10.1 Å². The maximum atomic E-state index is 13.3. The number of hydrogen-bond donors (Lipinski definition) is 2. The van der Waals surface area contributed by atoms with Crippen LogP contribution in [0.3, 0.4) is 0 Å². The van der Waals surface area contributed by atoms with Crippen LogP contribution < -0.4 is 10.6 Å². The van der Waals surface area contributed by atoms with Crippen molar-refractivity contribution in [1.29, 1.82) is 0 Å². The van der Waals surface area contributed by atoms with Crippen molar-refractivity contribution in [2.45, 2.75) is 32.2 Å². The van der Waals surface area contributed by atoms with Crippen molar-refractivity contribution in [3.63, 3.8) is 0 Å². The number of carbonyl (C=O) groups excluding carboxylic acids is 1. The van der Waals surface area contributed by atoms with Gasteiger partial charge in [-0.25, -0.2) is 4.39 Å². The first kappa shape index (κ1) is 13.0. The lowest BCUT2D eigenvalue weighted by Gasteiger charge is -2.31. The molecule has 0 bridgehead atoms. The number of amides is 1. The standard InChI is InChI=1S/C14H19FN2O/c1-10(11-5-4-6-11)16-9-14(18)17-13-8-3-2-7-12(13)15/h2-3,7-8,10-11,16H,4-6,9H2,1H3,(H,17,18). The van der Waals surface area contributed by atoms with Crippen LogP contribution >= 0.6 is 0 Å². The maximum Gasteiger partial charge on any atom is 0.238 e. The van der Waals surface area contributed by atoms with Gasteiger partial charge >= 0.3 is 0 Å². The van der Waals surface area contributed by atoms with Gasteiger partial charge in [0.1, 0.15) is 5.82 Å². The molecule has 1 aliphatic rings. The number of halogens is 1. The number of rotatable bonds is 5. The van der Waals surface area contributed by atoms with Crippen LogP contribution in [-0.4, -0.2) is 18.5 Å². The third-order valence-electron chi connectivity index (χ3n) is 3.59. The van der Waals surface area contributed by atoms with Crippen molar-refractivity contribution in [3.8, 4) is 0 Å². The minimum atomic E-state index is -0.405. The van der Waals surface area contributed by atoms with Crippen molar-refractivity contribution in [1.82, 2.24) is 5.32 Å². The molecular formula is C14H19FN2O. The van der Waals surface area contributed by atoms with Gasteiger partial charge in [-0.1, -0.05) is 18.6 Å². The largest absolute Gasteiger partial charge is 0.322 e. The number of nitrogens with one attached hydrogen (secondary N) is 2. The predicted molar refractivity (Wildman–Crippen MR) is 69.8 cm³/mol. The summed E-state index contributed by atoms with van der Waals surface area (Å²) in [4.78, 5) is 11.7. The lowest BCUT2D eigenvalue weighted by atomic mass is 9.80. The van der Waals surface area contributed by atoms with Gasteiger partial charge in [-0.3, -0.25) is 4.79 Å². The number of hydrogen-bond acceptors (Lipinski definition) is 2. The second kappa shape index (κ2) is 5.96. The Bertz CT molecular complexity index is 418. The number of benzene rings is 1. The molecule has 3 nitrogen and oxygen atoms in total. The minimum absolute atomic E-state index is 0.203. The highest BCUT2D eigenvalue weighted by Crippen LogP contribution is 2.29. The molecule has 0 aliphatic heterocycles. The van der Waals surface area contributed by atoms with Gasteiger partial charge in [0.2, 0.25) is 5.91 Å². The van der Waals surface area contributed by atoms with Crippen LogP contribution in [0.1, 0.15) is 26.2 Å². The highest BCUT2D eigenvalue weighted by Gasteiger charge is 2.23. The molecule has 1 aromatic carbocycles. The molecule has 1 aromatic rings. The zero-order chi connectivity index (χ0) is 13.0. The topological polar surface area (TPSA) is 41.1 Å². The molecule has 1 unspecified atom stereocenters. The second-order valence-corrected chi connectivity index (χ2v) is 4.89. The monoisotopic (exact) mass is 250 g/mol. The SMILES string of the molecule is CC(NCC(=O)Nc1ccccc1F)C1CCC1. The zero-order valence-electron chi connectivity index (χ0n) is 10.6. The summed E-state index contributed by atoms with van der Waals surface area (Å²) in [5.74, 6) is 0.0791. The summed E-state index contributed by atoms with van der Waals surface area (Å²) >= 11 is 0. The average Bonchev–Trinajstić information content (AvgIpc) is 2.27. The Kier molecular flexibility index (Phi) is 4.31. The van der Waals surface area contributed by atoms with Crippen LogP contribution in [-0.2, 0) is 4.79 Å². The lowest BCUT2D eigenvalue weighted by Crippen LogP contribution is -2.41. The summed E-state index contributed by atoms with van der Waals surface area (Å²) < 4.78 is 13.3. The van der Waals surface area contributed by atoms with Crippen LogP contribution in [0.15, 0.2) is 24.3 Å². The van der Waals surface area contributed by atoms with Crippen molar-refractivity contribution in [2.24, 2.45) is 5.92 Å². The fourth-order valence-electron chi connectivity index (χ4n) is 2.12. The van der Waals surface area contributed by atoms with Crippen LogP contribution in [0, 0.1) is 11.7 Å². The van der Waals surface area contributed by atoms with E-state index in [9.17, 15) is 9.18 Å². The van der Waals surface area contributed by atoms with Gasteiger partial charge in [-0.15, -0.1) is 0 Å². The summed E-state index contributed by atoms with van der Waals surface area (Å²) in [6, 6.07) is 6.54. The van der Waals surface area contributed by atoms with Crippen molar-refractivity contribution < 1.29 is 9.18 Å². The van der Waals surface area contributed by atoms with E-state index in [4.69, 9.17) is 0 Å². The molecule has 2 N–H and O–H groups in total. The van der Waals surface area contributed by atoms with Gasteiger partial charge in [-0.05, 0) is 37.8 Å². The van der Waals surface area contributed by atoms with Gasteiger partial charge in [0.05, 0.1) is 12.2 Å². The van der Waals surface area contributed by atoms with Crippen LogP contribution in [0.5, 0.6) is 0 Å². The van der Waals surface area contributed by atoms with Crippen LogP contribution in [0.2, 0.25) is 0 Å². The molecule has 0 saturated heterocycles. The molecule has 2 rings (SSSR count). The Morgan fingerprint density at radius 3 is 2.78 bits per heavy atom. The molecule has 1 saturated carbocycles. The number of anilines is 1. The third-order valence-corrected chi connectivity index (χ3v) is 3.59. The first-order valence-corrected chi connectivity index (χ1v) is 6.44. The fourth-order valence-corrected chi connectivity index (χ4v) is 2.12. The molecule has 4 heteroatoms. The van der Waals surface area contributed by atoms with Crippen molar-refractivity contribution in [2.75, 3.05) is 11.9 Å². The summed E-state index contributed by atoms with van der Waals surface area (Å²) in [7, 11) is 0. The minimum Gasteiger partial charge on any atom is -0.322 e. The Morgan fingerprint density at radius 1 is 1.44 bits per heavy atom. The molecule has 0 aromatic heterocycles. The van der Waals surface area contributed by atoms with E-state index >= 15 is 0 Å². The first-order valence-electron chi connectivity index (χ1n) is 6.44. The van der Waals surface area contributed by atoms with Crippen molar-refractivity contribution in [3.05, 3.63) is 30.1 Å². The maximum absolute atomic E-state index is 13.3. The number of carbonyl (C=O) groups is 1. The van der Waals surface area contributed by atoms with Gasteiger partial charge in [-0.2, -0.15) is 0 Å². The molecule has 98 valence electrons. The smallest absolute Gasteiger partial charge is 0.238 e. The molecule has 1 atom stereocenters. The Hall–Kier alpha value is -1.42. The van der Waals surface area contributed by atoms with E-state index < -0.39 is 5.82 Å². The van der Waals surface area contributed by atoms with E-state index in [0.717, 1.165) is 0 Å². The molecule has 1 aliphatic carbocycles. The first-order chi connectivity index (χ1) is 8.66. The van der Waals surface area contributed by atoms with E-state index in [1.807, 2.05) is 0 Å². The van der Waals surface area contributed by atoms with Crippen molar-refractivity contribution >= 4 is 11.6 Å². The molecular weight excluding hydrogens is 231 g/mol. The summed E-state index contributed by atoms with van der Waals surface area (Å²) in [5, 5.41) is 5.75. The normalized spacial score (nSPS) is 17.0. The van der Waals surface area contributed by atoms with Gasteiger partial charge in [0, 0.05) is 6.04 Å². The van der Waals surface area contributed by atoms with E-state index in [1.54, 1.807) is 18.2 Å². The highest BCUT2D eigenvalue weighted by atomic mass is 19.1. The molecule has 18 heavy (non-hydrogen) atoms. The highest BCUT2D eigenvalue weighted by molar-refractivity contribution is 5.92. The zero-order valence-corrected chi connectivity index (χ0v) is 10.6. The quantitative estimate of drug-likeness (QED) is 0.843. The molecule has 0 spiro atoms. The van der Waals surface area contributed by atoms with E-state index in [-0.39, 0.29) is 18.1 Å². The number of para-hydroxylation sites is 1. The summed E-state index contributed by atoms with van der Waals surface area (Å²) in [6.45, 7) is 2.33. The average molecular weight is 250 g/mol. The van der Waals surface area contributed by atoms with E-state index in [2.05, 4.69) is 17.6 Å². The lowest BCUT2D eigenvalue weighted by molar-refractivity contribution is -0.115. The van der Waals surface area contributed by atoms with E-state index in [1.165, 1.54) is 25.3 Å². The van der Waals surface area contributed by atoms with E-state index in [0.29, 0.717) is 12.0 Å². The Morgan fingerprint density at radius 2 is 2.17 bits per heavy atom. The van der Waals surface area contributed by atoms with Gasteiger partial charge in [0.15, 0.2) is 0 Å². The van der Waals surface area contributed by atoms with Gasteiger partial charge < -0.3 is 10.6 Å². The van der Waals surface area contributed by atoms with Crippen LogP contribution in [0.25, 0.3) is 0 Å². The second-order valence-electron chi connectivity index (χ2n) is 4.89. The predicted octanol–water partition coefficient (Wildman–Crippen LogP) is 2.54. The third kappa shape index (κ3) is 3.29. The molecule has 1 amide bonds. The molecule has 0 heterocycles. The molecule has 1 fully saturated rings. The summed E-state index contributed by atoms with van der Waals surface area (Å²) in [6.07, 6.45) is 3.77. The Balaban J connectivity index is 1.76. The summed E-state index contributed by atoms with van der Waals surface area (Å²) in [5.41, 5.74) is 0.237. The molecule has 0 radical (unpaired) electrons. The fraction of sp³-hybridized carbons (Fsp3) is 0.500.